The van der Waals surface area contributed by atoms with E-state index in [1.54, 1.807) is 18.3 Å². The zero-order valence-corrected chi connectivity index (χ0v) is 14.8. The van der Waals surface area contributed by atoms with E-state index >= 15 is 0 Å². The van der Waals surface area contributed by atoms with Gasteiger partial charge < -0.3 is 10.6 Å². The van der Waals surface area contributed by atoms with Crippen LogP contribution in [-0.4, -0.2) is 16.0 Å². The van der Waals surface area contributed by atoms with Crippen LogP contribution in [0.2, 0.25) is 0 Å². The van der Waals surface area contributed by atoms with Gasteiger partial charge in [0.1, 0.15) is 5.01 Å². The molecule has 0 saturated heterocycles. The zero-order valence-electron chi connectivity index (χ0n) is 13.2. The second-order valence-corrected chi connectivity index (χ2v) is 6.71. The number of hydrogen-bond donors (Lipinski definition) is 2. The van der Waals surface area contributed by atoms with Gasteiger partial charge in [0, 0.05) is 18.5 Å². The third kappa shape index (κ3) is 3.96. The van der Waals surface area contributed by atoms with Gasteiger partial charge in [-0.25, -0.2) is 4.98 Å². The Hall–Kier alpha value is -2.31. The topological polar surface area (TPSA) is 54.0 Å². The minimum absolute atomic E-state index is 0.0846. The Bertz CT molecular complexity index is 838. The quantitative estimate of drug-likeness (QED) is 0.698. The fraction of sp³-hybridized carbons (Fsp3) is 0.167. The fourth-order valence-electron chi connectivity index (χ4n) is 2.20. The van der Waals surface area contributed by atoms with E-state index in [-0.39, 0.29) is 5.91 Å². The molecular formula is C18H17N3OS2. The number of carbonyl (C=O) groups excluding carboxylic acids is 1. The number of aromatic nitrogens is 1. The summed E-state index contributed by atoms with van der Waals surface area (Å²) in [6, 6.07) is 16.3. The third-order valence-corrected chi connectivity index (χ3v) is 4.85. The molecule has 24 heavy (non-hydrogen) atoms. The Kier molecular flexibility index (Phi) is 5.17. The molecule has 3 rings (SSSR count). The van der Waals surface area contributed by atoms with Crippen LogP contribution in [0, 0.1) is 0 Å². The molecule has 0 fully saturated rings. The summed E-state index contributed by atoms with van der Waals surface area (Å²) in [5.41, 5.74) is 3.22. The minimum Gasteiger partial charge on any atom is -0.358 e. The zero-order chi connectivity index (χ0) is 16.9. The van der Waals surface area contributed by atoms with Crippen molar-refractivity contribution in [2.24, 2.45) is 0 Å². The standard InChI is InChI=1S/C18H17N3OS2/c1-2-16(22)21-18(23)19-11-12-7-9-13(10-8-12)17-20-14-5-3-4-6-15(14)24-17/h3-10H,2,11H2,1H3,(H2,19,21,22,23). The molecule has 0 aliphatic heterocycles. The number of nitrogens with one attached hydrogen (secondary N) is 2. The minimum atomic E-state index is -0.0846. The average molecular weight is 355 g/mol. The number of fused-ring (bicyclic) bond motifs is 1. The Morgan fingerprint density at radius 3 is 2.62 bits per heavy atom. The van der Waals surface area contributed by atoms with Crippen molar-refractivity contribution in [2.45, 2.75) is 19.9 Å². The summed E-state index contributed by atoms with van der Waals surface area (Å²) in [5.74, 6) is -0.0846. The van der Waals surface area contributed by atoms with Gasteiger partial charge in [-0.2, -0.15) is 0 Å². The summed E-state index contributed by atoms with van der Waals surface area (Å²) in [4.78, 5) is 15.9. The van der Waals surface area contributed by atoms with Crippen LogP contribution in [-0.2, 0) is 11.3 Å². The maximum absolute atomic E-state index is 11.3. The molecule has 0 bridgehead atoms. The van der Waals surface area contributed by atoms with Gasteiger partial charge in [0.25, 0.3) is 0 Å². The van der Waals surface area contributed by atoms with Crippen LogP contribution < -0.4 is 10.6 Å². The Morgan fingerprint density at radius 2 is 1.92 bits per heavy atom. The molecule has 4 nitrogen and oxygen atoms in total. The van der Waals surface area contributed by atoms with E-state index in [1.165, 1.54) is 4.70 Å². The van der Waals surface area contributed by atoms with Crippen molar-refractivity contribution in [1.82, 2.24) is 15.6 Å². The summed E-state index contributed by atoms with van der Waals surface area (Å²) in [5, 5.41) is 7.03. The van der Waals surface area contributed by atoms with Gasteiger partial charge in [-0.15, -0.1) is 11.3 Å². The van der Waals surface area contributed by atoms with Crippen LogP contribution in [0.3, 0.4) is 0 Å². The van der Waals surface area contributed by atoms with Crippen molar-refractivity contribution in [3.63, 3.8) is 0 Å². The predicted molar refractivity (Wildman–Crippen MR) is 103 cm³/mol. The SMILES string of the molecule is CCC(=O)NC(=S)NCc1ccc(-c2nc3ccccc3s2)cc1. The summed E-state index contributed by atoms with van der Waals surface area (Å²) < 4.78 is 1.19. The second kappa shape index (κ2) is 7.51. The first-order valence-electron chi connectivity index (χ1n) is 7.68. The van der Waals surface area contributed by atoms with Crippen LogP contribution in [0.1, 0.15) is 18.9 Å². The molecule has 1 amide bonds. The molecule has 0 atom stereocenters. The van der Waals surface area contributed by atoms with Gasteiger partial charge in [-0.3, -0.25) is 4.79 Å². The molecule has 0 saturated carbocycles. The van der Waals surface area contributed by atoms with Gasteiger partial charge in [-0.05, 0) is 29.9 Å². The summed E-state index contributed by atoms with van der Waals surface area (Å²) in [6.45, 7) is 2.36. The number of thiazole rings is 1. The fourth-order valence-corrected chi connectivity index (χ4v) is 3.36. The van der Waals surface area contributed by atoms with Crippen molar-refractivity contribution < 1.29 is 4.79 Å². The summed E-state index contributed by atoms with van der Waals surface area (Å²) in [7, 11) is 0. The number of para-hydroxylation sites is 1. The highest BCUT2D eigenvalue weighted by atomic mass is 32.1. The predicted octanol–water partition coefficient (Wildman–Crippen LogP) is 3.86. The smallest absolute Gasteiger partial charge is 0.225 e. The Labute approximate surface area is 149 Å². The number of hydrogen-bond acceptors (Lipinski definition) is 4. The molecule has 2 N–H and O–H groups in total. The normalized spacial score (nSPS) is 10.5. The van der Waals surface area contributed by atoms with E-state index in [4.69, 9.17) is 12.2 Å². The molecule has 6 heteroatoms. The number of rotatable bonds is 4. The molecule has 1 aromatic heterocycles. The van der Waals surface area contributed by atoms with Crippen molar-refractivity contribution in [1.29, 1.82) is 0 Å². The number of amides is 1. The van der Waals surface area contributed by atoms with Crippen LogP contribution in [0.5, 0.6) is 0 Å². The van der Waals surface area contributed by atoms with Crippen LogP contribution in [0.15, 0.2) is 48.5 Å². The average Bonchev–Trinajstić information content (AvgIpc) is 3.04. The highest BCUT2D eigenvalue weighted by molar-refractivity contribution is 7.80. The summed E-state index contributed by atoms with van der Waals surface area (Å²) in [6.07, 6.45) is 0.415. The lowest BCUT2D eigenvalue weighted by Gasteiger charge is -2.09. The van der Waals surface area contributed by atoms with E-state index in [1.807, 2.05) is 30.3 Å². The van der Waals surface area contributed by atoms with Gasteiger partial charge in [0.2, 0.25) is 5.91 Å². The number of thiocarbonyl (C=S) groups is 1. The maximum Gasteiger partial charge on any atom is 0.225 e. The second-order valence-electron chi connectivity index (χ2n) is 5.27. The van der Waals surface area contributed by atoms with Gasteiger partial charge in [-0.1, -0.05) is 43.3 Å². The first-order chi connectivity index (χ1) is 11.7. The van der Waals surface area contributed by atoms with E-state index in [0.29, 0.717) is 18.1 Å². The number of nitrogens with zero attached hydrogens (tertiary/aromatic N) is 1. The molecule has 0 aliphatic rings. The van der Waals surface area contributed by atoms with E-state index < -0.39 is 0 Å². The van der Waals surface area contributed by atoms with E-state index in [0.717, 1.165) is 21.7 Å². The number of benzene rings is 2. The van der Waals surface area contributed by atoms with Crippen molar-refractivity contribution >= 4 is 44.8 Å². The maximum atomic E-state index is 11.3. The molecule has 0 aliphatic carbocycles. The molecule has 3 aromatic rings. The highest BCUT2D eigenvalue weighted by Crippen LogP contribution is 2.29. The lowest BCUT2D eigenvalue weighted by Crippen LogP contribution is -2.38. The Morgan fingerprint density at radius 1 is 1.17 bits per heavy atom. The molecule has 1 heterocycles. The third-order valence-electron chi connectivity index (χ3n) is 3.52. The number of carbonyl (C=O) groups is 1. The van der Waals surface area contributed by atoms with Crippen molar-refractivity contribution in [3.8, 4) is 10.6 Å². The highest BCUT2D eigenvalue weighted by Gasteiger charge is 2.06. The lowest BCUT2D eigenvalue weighted by atomic mass is 10.1. The molecular weight excluding hydrogens is 338 g/mol. The molecule has 0 radical (unpaired) electrons. The van der Waals surface area contributed by atoms with Gasteiger partial charge >= 0.3 is 0 Å². The lowest BCUT2D eigenvalue weighted by molar-refractivity contribution is -0.119. The molecule has 0 unspecified atom stereocenters. The summed E-state index contributed by atoms with van der Waals surface area (Å²) >= 11 is 6.77. The first kappa shape index (κ1) is 16.5. The Balaban J connectivity index is 1.65. The van der Waals surface area contributed by atoms with E-state index in [2.05, 4.69) is 33.8 Å². The van der Waals surface area contributed by atoms with Gasteiger partial charge in [0.15, 0.2) is 5.11 Å². The monoisotopic (exact) mass is 355 g/mol. The van der Waals surface area contributed by atoms with Crippen LogP contribution in [0.4, 0.5) is 0 Å². The first-order valence-corrected chi connectivity index (χ1v) is 8.90. The van der Waals surface area contributed by atoms with Crippen molar-refractivity contribution in [3.05, 3.63) is 54.1 Å². The molecule has 0 spiro atoms. The van der Waals surface area contributed by atoms with Crippen LogP contribution in [0.25, 0.3) is 20.8 Å². The molecule has 2 aromatic carbocycles. The van der Waals surface area contributed by atoms with Gasteiger partial charge in [0.05, 0.1) is 10.2 Å². The van der Waals surface area contributed by atoms with Crippen molar-refractivity contribution in [2.75, 3.05) is 0 Å². The van der Waals surface area contributed by atoms with E-state index in [9.17, 15) is 4.79 Å². The molecule has 122 valence electrons. The largest absolute Gasteiger partial charge is 0.358 e. The van der Waals surface area contributed by atoms with Crippen LogP contribution >= 0.6 is 23.6 Å².